The molecule has 0 spiro atoms. The topological polar surface area (TPSA) is 45.2 Å². The van der Waals surface area contributed by atoms with Crippen molar-refractivity contribution >= 4 is 27.5 Å². The van der Waals surface area contributed by atoms with Crippen LogP contribution in [0.5, 0.6) is 0 Å². The minimum absolute atomic E-state index is 0.0571. The standard InChI is InChI=1S/C16H19N3OS/c1-10-13-3-2-12(8-15(13)21-18-10)16(20)17-14-9-19-6-4-11(14)5-7-19/h2-3,8,11,14H,4-7,9H2,1H3,(H,17,20)/t14-/m0/s1. The molecule has 1 amide bonds. The van der Waals surface area contributed by atoms with Crippen molar-refractivity contribution < 1.29 is 4.79 Å². The Morgan fingerprint density at radius 1 is 1.38 bits per heavy atom. The summed E-state index contributed by atoms with van der Waals surface area (Å²) in [5.74, 6) is 0.718. The first kappa shape index (κ1) is 13.2. The number of benzene rings is 1. The Kier molecular flexibility index (Phi) is 3.19. The largest absolute Gasteiger partial charge is 0.348 e. The van der Waals surface area contributed by atoms with Gasteiger partial charge in [0.15, 0.2) is 0 Å². The van der Waals surface area contributed by atoms with E-state index in [1.165, 1.54) is 37.5 Å². The Bertz CT molecular complexity index is 688. The quantitative estimate of drug-likeness (QED) is 0.926. The molecule has 2 aromatic rings. The average Bonchev–Trinajstić information content (AvgIpc) is 2.89. The number of hydrogen-bond donors (Lipinski definition) is 1. The van der Waals surface area contributed by atoms with E-state index in [1.807, 2.05) is 25.1 Å². The Balaban J connectivity index is 1.53. The van der Waals surface area contributed by atoms with Crippen LogP contribution in [0.1, 0.15) is 28.9 Å². The highest BCUT2D eigenvalue weighted by Gasteiger charge is 2.34. The van der Waals surface area contributed by atoms with Crippen LogP contribution >= 0.6 is 11.5 Å². The number of nitrogens with zero attached hydrogens (tertiary/aromatic N) is 2. The highest BCUT2D eigenvalue weighted by molar-refractivity contribution is 7.13. The number of fused-ring (bicyclic) bond motifs is 4. The van der Waals surface area contributed by atoms with Crippen molar-refractivity contribution in [2.45, 2.75) is 25.8 Å². The van der Waals surface area contributed by atoms with Gasteiger partial charge in [-0.3, -0.25) is 4.79 Å². The highest BCUT2D eigenvalue weighted by Crippen LogP contribution is 2.28. The van der Waals surface area contributed by atoms with Gasteiger partial charge in [0, 0.05) is 23.5 Å². The number of carbonyl (C=O) groups is 1. The molecule has 1 N–H and O–H groups in total. The lowest BCUT2D eigenvalue weighted by atomic mass is 9.84. The molecular formula is C16H19N3OS. The molecule has 3 aliphatic rings. The number of amides is 1. The van der Waals surface area contributed by atoms with Gasteiger partial charge in [0.25, 0.3) is 5.91 Å². The van der Waals surface area contributed by atoms with E-state index in [0.717, 1.165) is 27.9 Å². The van der Waals surface area contributed by atoms with Crippen molar-refractivity contribution in [3.63, 3.8) is 0 Å². The van der Waals surface area contributed by atoms with Crippen LogP contribution in [0.15, 0.2) is 18.2 Å². The fraction of sp³-hybridized carbons (Fsp3) is 0.500. The van der Waals surface area contributed by atoms with E-state index in [-0.39, 0.29) is 5.91 Å². The smallest absolute Gasteiger partial charge is 0.251 e. The summed E-state index contributed by atoms with van der Waals surface area (Å²) in [4.78, 5) is 15.0. The van der Waals surface area contributed by atoms with Crippen LogP contribution in [-0.2, 0) is 0 Å². The van der Waals surface area contributed by atoms with Gasteiger partial charge in [0.2, 0.25) is 0 Å². The number of nitrogens with one attached hydrogen (secondary N) is 1. The molecule has 0 saturated carbocycles. The fourth-order valence-electron chi connectivity index (χ4n) is 3.59. The molecule has 3 aliphatic heterocycles. The second kappa shape index (κ2) is 5.07. The van der Waals surface area contributed by atoms with Crippen LogP contribution < -0.4 is 5.32 Å². The van der Waals surface area contributed by atoms with Gasteiger partial charge in [-0.1, -0.05) is 6.07 Å². The fourth-order valence-corrected chi connectivity index (χ4v) is 4.41. The number of aromatic nitrogens is 1. The zero-order chi connectivity index (χ0) is 14.4. The summed E-state index contributed by atoms with van der Waals surface area (Å²) in [5.41, 5.74) is 1.79. The van der Waals surface area contributed by atoms with Crippen LogP contribution in [0, 0.1) is 12.8 Å². The third kappa shape index (κ3) is 2.34. The third-order valence-electron chi connectivity index (χ3n) is 4.89. The highest BCUT2D eigenvalue weighted by atomic mass is 32.1. The molecule has 0 radical (unpaired) electrons. The maximum atomic E-state index is 12.5. The van der Waals surface area contributed by atoms with Crippen molar-refractivity contribution in [3.05, 3.63) is 29.5 Å². The molecule has 0 aliphatic carbocycles. The molecule has 1 aromatic carbocycles. The average molecular weight is 301 g/mol. The summed E-state index contributed by atoms with van der Waals surface area (Å²) >= 11 is 1.47. The number of hydrogen-bond acceptors (Lipinski definition) is 4. The SMILES string of the molecule is Cc1nsc2cc(C(=O)N[C@H]3CN4CCC3CC4)ccc12. The molecule has 4 heterocycles. The molecule has 21 heavy (non-hydrogen) atoms. The number of aryl methyl sites for hydroxylation is 1. The van der Waals surface area contributed by atoms with E-state index in [0.29, 0.717) is 12.0 Å². The molecule has 3 saturated heterocycles. The van der Waals surface area contributed by atoms with Crippen molar-refractivity contribution in [1.29, 1.82) is 0 Å². The van der Waals surface area contributed by atoms with Gasteiger partial charge in [-0.2, -0.15) is 4.37 Å². The van der Waals surface area contributed by atoms with Gasteiger partial charge in [0.1, 0.15) is 0 Å². The zero-order valence-electron chi connectivity index (χ0n) is 12.1. The van der Waals surface area contributed by atoms with Crippen molar-refractivity contribution in [3.8, 4) is 0 Å². The summed E-state index contributed by atoms with van der Waals surface area (Å²) in [6.45, 7) is 5.41. The maximum absolute atomic E-state index is 12.5. The molecule has 1 atom stereocenters. The molecule has 3 fully saturated rings. The molecular weight excluding hydrogens is 282 g/mol. The molecule has 0 unspecified atom stereocenters. The van der Waals surface area contributed by atoms with E-state index in [2.05, 4.69) is 14.6 Å². The summed E-state index contributed by atoms with van der Waals surface area (Å²) in [6.07, 6.45) is 2.44. The lowest BCUT2D eigenvalue weighted by Crippen LogP contribution is -2.57. The van der Waals surface area contributed by atoms with Crippen molar-refractivity contribution in [2.24, 2.45) is 5.92 Å². The first-order valence-corrected chi connectivity index (χ1v) is 8.37. The van der Waals surface area contributed by atoms with Gasteiger partial charge in [0.05, 0.1) is 10.4 Å². The predicted molar refractivity (Wildman–Crippen MR) is 84.8 cm³/mol. The lowest BCUT2D eigenvalue weighted by Gasteiger charge is -2.44. The lowest BCUT2D eigenvalue weighted by molar-refractivity contribution is 0.0620. The van der Waals surface area contributed by atoms with E-state index in [4.69, 9.17) is 0 Å². The Labute approximate surface area is 128 Å². The van der Waals surface area contributed by atoms with Crippen molar-refractivity contribution in [1.82, 2.24) is 14.6 Å². The maximum Gasteiger partial charge on any atom is 0.251 e. The van der Waals surface area contributed by atoms with Crippen LogP contribution in [-0.4, -0.2) is 40.9 Å². The summed E-state index contributed by atoms with van der Waals surface area (Å²) in [5, 5.41) is 4.39. The van der Waals surface area contributed by atoms with Crippen LogP contribution in [0.25, 0.3) is 10.1 Å². The molecule has 1 aromatic heterocycles. The molecule has 2 bridgehead atoms. The molecule has 4 nitrogen and oxygen atoms in total. The Morgan fingerprint density at radius 2 is 2.19 bits per heavy atom. The first-order valence-electron chi connectivity index (χ1n) is 7.60. The summed E-state index contributed by atoms with van der Waals surface area (Å²) in [7, 11) is 0. The van der Waals surface area contributed by atoms with Gasteiger partial charge in [-0.25, -0.2) is 0 Å². The third-order valence-corrected chi connectivity index (χ3v) is 5.79. The van der Waals surface area contributed by atoms with Crippen LogP contribution in [0.3, 0.4) is 0 Å². The summed E-state index contributed by atoms with van der Waals surface area (Å²) in [6, 6.07) is 6.22. The van der Waals surface area contributed by atoms with Gasteiger partial charge < -0.3 is 10.2 Å². The number of carbonyl (C=O) groups excluding carboxylic acids is 1. The van der Waals surface area contributed by atoms with Crippen LogP contribution in [0.2, 0.25) is 0 Å². The second-order valence-electron chi connectivity index (χ2n) is 6.20. The van der Waals surface area contributed by atoms with E-state index >= 15 is 0 Å². The Hall–Kier alpha value is -1.46. The molecule has 110 valence electrons. The van der Waals surface area contributed by atoms with E-state index in [1.54, 1.807) is 0 Å². The first-order chi connectivity index (χ1) is 10.2. The minimum Gasteiger partial charge on any atom is -0.348 e. The Morgan fingerprint density at radius 3 is 2.90 bits per heavy atom. The monoisotopic (exact) mass is 301 g/mol. The normalized spacial score (nSPS) is 28.0. The second-order valence-corrected chi connectivity index (χ2v) is 7.00. The van der Waals surface area contributed by atoms with Crippen LogP contribution in [0.4, 0.5) is 0 Å². The predicted octanol–water partition coefficient (Wildman–Crippen LogP) is 2.43. The summed E-state index contributed by atoms with van der Waals surface area (Å²) < 4.78 is 5.44. The minimum atomic E-state index is 0.0571. The van der Waals surface area contributed by atoms with Gasteiger partial charge in [-0.15, -0.1) is 0 Å². The van der Waals surface area contributed by atoms with E-state index in [9.17, 15) is 4.79 Å². The molecule has 5 rings (SSSR count). The number of rotatable bonds is 2. The van der Waals surface area contributed by atoms with E-state index < -0.39 is 0 Å². The molecule has 5 heteroatoms. The number of piperidine rings is 3. The van der Waals surface area contributed by atoms with Gasteiger partial charge in [-0.05, 0) is 62.4 Å². The van der Waals surface area contributed by atoms with Crippen molar-refractivity contribution in [2.75, 3.05) is 19.6 Å². The zero-order valence-corrected chi connectivity index (χ0v) is 12.9. The van der Waals surface area contributed by atoms with Gasteiger partial charge >= 0.3 is 0 Å².